The Morgan fingerprint density at radius 1 is 1.09 bits per heavy atom. The lowest BCUT2D eigenvalue weighted by Gasteiger charge is -2.32. The van der Waals surface area contributed by atoms with Crippen molar-refractivity contribution in [2.75, 3.05) is 18.5 Å². The number of anilines is 1. The van der Waals surface area contributed by atoms with Crippen LogP contribution in [0.25, 0.3) is 0 Å². The van der Waals surface area contributed by atoms with Crippen molar-refractivity contribution in [3.05, 3.63) is 46.9 Å². The molecule has 1 aliphatic heterocycles. The molecule has 35 heavy (non-hydrogen) atoms. The summed E-state index contributed by atoms with van der Waals surface area (Å²) >= 11 is 0. The molecule has 1 saturated carbocycles. The molecule has 2 aliphatic rings. The number of nitrogens with one attached hydrogen (secondary N) is 2. The Bertz CT molecular complexity index is 1020. The Balaban J connectivity index is 1.53. The van der Waals surface area contributed by atoms with E-state index >= 15 is 0 Å². The van der Waals surface area contributed by atoms with Gasteiger partial charge in [0.2, 0.25) is 5.91 Å². The minimum Gasteiger partial charge on any atom is -0.381 e. The lowest BCUT2D eigenvalue weighted by atomic mass is 9.79. The topological polar surface area (TPSA) is 93.5 Å². The van der Waals surface area contributed by atoms with Crippen LogP contribution in [0.3, 0.4) is 0 Å². The Labute approximate surface area is 204 Å². The lowest BCUT2D eigenvalue weighted by molar-refractivity contribution is -0.119. The summed E-state index contributed by atoms with van der Waals surface area (Å²) in [6.45, 7) is 4.96. The predicted molar refractivity (Wildman–Crippen MR) is 126 cm³/mol. The van der Waals surface area contributed by atoms with E-state index in [1.165, 1.54) is 6.26 Å². The van der Waals surface area contributed by atoms with E-state index in [2.05, 4.69) is 22.7 Å². The average Bonchev–Trinajstić information content (AvgIpc) is 3.32. The van der Waals surface area contributed by atoms with Crippen LogP contribution < -0.4 is 10.6 Å². The molecule has 0 radical (unpaired) electrons. The number of aromatic nitrogens is 1. The van der Waals surface area contributed by atoms with Gasteiger partial charge in [0.05, 0.1) is 5.69 Å². The highest BCUT2D eigenvalue weighted by molar-refractivity contribution is 6.01. The van der Waals surface area contributed by atoms with Crippen molar-refractivity contribution >= 4 is 17.5 Å². The van der Waals surface area contributed by atoms with Crippen molar-refractivity contribution in [2.24, 2.45) is 11.8 Å². The molecule has 2 fully saturated rings. The Morgan fingerprint density at radius 3 is 2.37 bits per heavy atom. The van der Waals surface area contributed by atoms with Gasteiger partial charge in [-0.1, -0.05) is 31.8 Å². The fourth-order valence-corrected chi connectivity index (χ4v) is 5.19. The van der Waals surface area contributed by atoms with Crippen LogP contribution in [-0.2, 0) is 16.0 Å². The van der Waals surface area contributed by atoms with E-state index < -0.39 is 29.5 Å². The third kappa shape index (κ3) is 5.89. The van der Waals surface area contributed by atoms with Gasteiger partial charge in [-0.05, 0) is 62.0 Å². The highest BCUT2D eigenvalue weighted by Crippen LogP contribution is 2.34. The second-order valence-electron chi connectivity index (χ2n) is 9.73. The molecule has 1 aliphatic carbocycles. The van der Waals surface area contributed by atoms with Gasteiger partial charge in [0.15, 0.2) is 0 Å². The monoisotopic (exact) mass is 489 g/mol. The van der Waals surface area contributed by atoms with E-state index in [1.807, 2.05) is 6.92 Å². The fraction of sp³-hybridized carbons (Fsp3) is 0.577. The number of hydrogen-bond donors (Lipinski definition) is 2. The van der Waals surface area contributed by atoms with E-state index in [0.29, 0.717) is 44.1 Å². The number of hydrogen-bond acceptors (Lipinski definition) is 5. The molecule has 1 saturated heterocycles. The molecule has 2 heterocycles. The van der Waals surface area contributed by atoms with Crippen LogP contribution in [0.15, 0.2) is 22.9 Å². The first kappa shape index (κ1) is 25.3. The first-order valence-electron chi connectivity index (χ1n) is 12.5. The van der Waals surface area contributed by atoms with Gasteiger partial charge < -0.3 is 19.9 Å². The molecule has 0 spiro atoms. The standard InChI is InChI=1S/C26H33F2N3O4/c1-3-22-19(14-35-31-22)25(32)30-24(17-6-4-15(2)5-7-17)26(33)29-18-12-20(27)23(21(28)13-18)16-8-10-34-11-9-16/h12-17,24H,3-11H2,1-2H3,(H,29,33)(H,30,32)/t15-,17-,24-/m0/s1. The zero-order chi connectivity index (χ0) is 24.9. The Morgan fingerprint density at radius 2 is 1.74 bits per heavy atom. The number of ether oxygens (including phenoxy) is 1. The van der Waals surface area contributed by atoms with Crippen molar-refractivity contribution in [2.45, 2.75) is 70.8 Å². The van der Waals surface area contributed by atoms with Gasteiger partial charge in [-0.3, -0.25) is 9.59 Å². The van der Waals surface area contributed by atoms with Crippen LogP contribution in [0.2, 0.25) is 0 Å². The highest BCUT2D eigenvalue weighted by Gasteiger charge is 2.34. The molecular formula is C26H33F2N3O4. The van der Waals surface area contributed by atoms with Crippen LogP contribution in [0.1, 0.15) is 79.9 Å². The summed E-state index contributed by atoms with van der Waals surface area (Å²) in [6.07, 6.45) is 6.32. The van der Waals surface area contributed by atoms with Gasteiger partial charge in [0.1, 0.15) is 29.5 Å². The zero-order valence-corrected chi connectivity index (χ0v) is 20.2. The van der Waals surface area contributed by atoms with Crippen LogP contribution in [0, 0.1) is 23.5 Å². The molecule has 2 aromatic rings. The Kier molecular flexibility index (Phi) is 8.15. The Hall–Kier alpha value is -2.81. The van der Waals surface area contributed by atoms with Crippen molar-refractivity contribution in [3.63, 3.8) is 0 Å². The zero-order valence-electron chi connectivity index (χ0n) is 20.2. The largest absolute Gasteiger partial charge is 0.381 e. The van der Waals surface area contributed by atoms with Crippen molar-refractivity contribution in [1.82, 2.24) is 10.5 Å². The quantitative estimate of drug-likeness (QED) is 0.573. The minimum atomic E-state index is -0.851. The van der Waals surface area contributed by atoms with Crippen molar-refractivity contribution < 1.29 is 27.6 Å². The maximum Gasteiger partial charge on any atom is 0.257 e. The van der Waals surface area contributed by atoms with E-state index in [9.17, 15) is 18.4 Å². The number of amides is 2. The summed E-state index contributed by atoms with van der Waals surface area (Å²) in [4.78, 5) is 26.3. The molecule has 0 unspecified atom stereocenters. The lowest BCUT2D eigenvalue weighted by Crippen LogP contribution is -2.49. The molecular weight excluding hydrogens is 456 g/mol. The average molecular weight is 490 g/mol. The first-order chi connectivity index (χ1) is 16.9. The predicted octanol–water partition coefficient (Wildman–Crippen LogP) is 4.97. The molecule has 190 valence electrons. The SMILES string of the molecule is CCc1nocc1C(=O)N[C@H](C(=O)Nc1cc(F)c(C2CCOCC2)c(F)c1)[C@H]1CC[C@H](C)CC1. The number of aryl methyl sites for hydroxylation is 1. The van der Waals surface area contributed by atoms with E-state index in [4.69, 9.17) is 9.26 Å². The second-order valence-corrected chi connectivity index (χ2v) is 9.73. The van der Waals surface area contributed by atoms with Gasteiger partial charge in [-0.15, -0.1) is 0 Å². The van der Waals surface area contributed by atoms with Crippen LogP contribution in [-0.4, -0.2) is 36.2 Å². The van der Waals surface area contributed by atoms with Crippen molar-refractivity contribution in [1.29, 1.82) is 0 Å². The number of benzene rings is 1. The molecule has 1 aromatic heterocycles. The molecule has 1 atom stereocenters. The number of carbonyl (C=O) groups excluding carboxylic acids is 2. The normalized spacial score (nSPS) is 21.9. The summed E-state index contributed by atoms with van der Waals surface area (Å²) in [5.74, 6) is -2.10. The van der Waals surface area contributed by atoms with Gasteiger partial charge >= 0.3 is 0 Å². The van der Waals surface area contributed by atoms with E-state index in [0.717, 1.165) is 37.8 Å². The van der Waals surface area contributed by atoms with Crippen LogP contribution in [0.4, 0.5) is 14.5 Å². The summed E-state index contributed by atoms with van der Waals surface area (Å²) in [7, 11) is 0. The van der Waals surface area contributed by atoms with Gasteiger partial charge in [-0.25, -0.2) is 8.78 Å². The van der Waals surface area contributed by atoms with Gasteiger partial charge in [-0.2, -0.15) is 0 Å². The fourth-order valence-electron chi connectivity index (χ4n) is 5.19. The number of rotatable bonds is 7. The van der Waals surface area contributed by atoms with Crippen molar-refractivity contribution in [3.8, 4) is 0 Å². The molecule has 2 amide bonds. The highest BCUT2D eigenvalue weighted by atomic mass is 19.1. The van der Waals surface area contributed by atoms with Crippen LogP contribution in [0.5, 0.6) is 0 Å². The van der Waals surface area contributed by atoms with Gasteiger partial charge in [0, 0.05) is 24.5 Å². The molecule has 4 rings (SSSR count). The van der Waals surface area contributed by atoms with E-state index in [1.54, 1.807) is 0 Å². The molecule has 2 N–H and O–H groups in total. The third-order valence-electron chi connectivity index (χ3n) is 7.30. The molecule has 1 aromatic carbocycles. The number of carbonyl (C=O) groups is 2. The first-order valence-corrected chi connectivity index (χ1v) is 12.5. The maximum atomic E-state index is 14.9. The maximum absolute atomic E-state index is 14.9. The molecule has 0 bridgehead atoms. The number of halogens is 2. The van der Waals surface area contributed by atoms with Gasteiger partial charge in [0.25, 0.3) is 5.91 Å². The summed E-state index contributed by atoms with van der Waals surface area (Å²) in [5, 5.41) is 9.32. The summed E-state index contributed by atoms with van der Waals surface area (Å²) in [5.41, 5.74) is 0.861. The minimum absolute atomic E-state index is 0.0310. The van der Waals surface area contributed by atoms with Crippen LogP contribution >= 0.6 is 0 Å². The molecule has 9 heteroatoms. The smallest absolute Gasteiger partial charge is 0.257 e. The summed E-state index contributed by atoms with van der Waals surface area (Å²) in [6, 6.07) is 1.46. The van der Waals surface area contributed by atoms with E-state index in [-0.39, 0.29) is 28.7 Å². The number of nitrogens with zero attached hydrogens (tertiary/aromatic N) is 1. The molecule has 7 nitrogen and oxygen atoms in total. The third-order valence-corrected chi connectivity index (χ3v) is 7.30. The second kappa shape index (κ2) is 11.3. The summed E-state index contributed by atoms with van der Waals surface area (Å²) < 4.78 is 40.0.